The predicted molar refractivity (Wildman–Crippen MR) is 78.9 cm³/mol. The largest absolute Gasteiger partial charge is 0.292 e. The Morgan fingerprint density at radius 2 is 2.00 bits per heavy atom. The Morgan fingerprint density at radius 3 is 2.89 bits per heavy atom. The van der Waals surface area contributed by atoms with Crippen molar-refractivity contribution in [2.45, 2.75) is 19.3 Å². The Morgan fingerprint density at radius 1 is 1.11 bits per heavy atom. The average molecular weight is 250 g/mol. The van der Waals surface area contributed by atoms with Crippen LogP contribution in [0.4, 0.5) is 0 Å². The molecule has 1 saturated heterocycles. The van der Waals surface area contributed by atoms with Gasteiger partial charge in [-0.05, 0) is 50.2 Å². The van der Waals surface area contributed by atoms with Gasteiger partial charge in [0.05, 0.1) is 12.1 Å². The third-order valence-electron chi connectivity index (χ3n) is 3.59. The van der Waals surface area contributed by atoms with Gasteiger partial charge in [-0.25, -0.2) is 0 Å². The first-order chi connectivity index (χ1) is 9.42. The van der Waals surface area contributed by atoms with Crippen LogP contribution in [-0.4, -0.2) is 29.5 Å². The number of hydrogen-bond donors (Lipinski definition) is 0. The fourth-order valence-corrected chi connectivity index (χ4v) is 2.52. The zero-order chi connectivity index (χ0) is 12.9. The standard InChI is InChI=1S/C17H18N2/c1-2-11-19(12-3-1)13-5-6-15-8-9-17-16(14-15)7-4-10-18-17/h4,7-10,14H,1-3,11-13H2. The van der Waals surface area contributed by atoms with Crippen LogP contribution in [0.3, 0.4) is 0 Å². The van der Waals surface area contributed by atoms with Gasteiger partial charge in [0.2, 0.25) is 0 Å². The van der Waals surface area contributed by atoms with Crippen LogP contribution in [0.5, 0.6) is 0 Å². The molecular weight excluding hydrogens is 232 g/mol. The van der Waals surface area contributed by atoms with Crippen LogP contribution in [-0.2, 0) is 0 Å². The highest BCUT2D eigenvalue weighted by atomic mass is 15.1. The van der Waals surface area contributed by atoms with E-state index in [1.807, 2.05) is 18.3 Å². The normalized spacial score (nSPS) is 16.0. The van der Waals surface area contributed by atoms with Crippen LogP contribution >= 0.6 is 0 Å². The molecule has 1 fully saturated rings. The topological polar surface area (TPSA) is 16.1 Å². The van der Waals surface area contributed by atoms with Crippen molar-refractivity contribution in [3.8, 4) is 11.8 Å². The van der Waals surface area contributed by atoms with Gasteiger partial charge in [0.25, 0.3) is 0 Å². The van der Waals surface area contributed by atoms with Crippen LogP contribution in [0.2, 0.25) is 0 Å². The summed E-state index contributed by atoms with van der Waals surface area (Å²) >= 11 is 0. The van der Waals surface area contributed by atoms with Crippen molar-refractivity contribution < 1.29 is 0 Å². The number of aromatic nitrogens is 1. The summed E-state index contributed by atoms with van der Waals surface area (Å²) in [5.74, 6) is 6.56. The maximum absolute atomic E-state index is 4.32. The molecule has 0 N–H and O–H groups in total. The van der Waals surface area contributed by atoms with Gasteiger partial charge in [0.15, 0.2) is 0 Å². The monoisotopic (exact) mass is 250 g/mol. The van der Waals surface area contributed by atoms with Crippen molar-refractivity contribution in [1.82, 2.24) is 9.88 Å². The Hall–Kier alpha value is -1.85. The summed E-state index contributed by atoms with van der Waals surface area (Å²) in [6.07, 6.45) is 5.85. The highest BCUT2D eigenvalue weighted by molar-refractivity contribution is 5.79. The lowest BCUT2D eigenvalue weighted by molar-refractivity contribution is 0.255. The second kappa shape index (κ2) is 5.86. The summed E-state index contributed by atoms with van der Waals surface area (Å²) in [5.41, 5.74) is 2.11. The SMILES string of the molecule is C(#Cc1ccc2ncccc2c1)CN1CCCCC1. The number of rotatable bonds is 1. The first-order valence-corrected chi connectivity index (χ1v) is 6.98. The Balaban J connectivity index is 1.70. The number of piperidine rings is 1. The molecule has 96 valence electrons. The first kappa shape index (κ1) is 12.2. The molecule has 0 amide bonds. The second-order valence-electron chi connectivity index (χ2n) is 5.05. The molecule has 1 aromatic carbocycles. The first-order valence-electron chi connectivity index (χ1n) is 6.98. The van der Waals surface area contributed by atoms with Crippen molar-refractivity contribution in [1.29, 1.82) is 0 Å². The molecule has 0 atom stereocenters. The van der Waals surface area contributed by atoms with E-state index in [9.17, 15) is 0 Å². The van der Waals surface area contributed by atoms with E-state index in [0.717, 1.165) is 23.0 Å². The fraction of sp³-hybridized carbons (Fsp3) is 0.353. The molecule has 2 nitrogen and oxygen atoms in total. The number of hydrogen-bond acceptors (Lipinski definition) is 2. The molecule has 19 heavy (non-hydrogen) atoms. The Labute approximate surface area is 114 Å². The van der Waals surface area contributed by atoms with E-state index in [0.29, 0.717) is 0 Å². The minimum Gasteiger partial charge on any atom is -0.292 e. The molecule has 0 aliphatic carbocycles. The molecular formula is C17H18N2. The zero-order valence-electron chi connectivity index (χ0n) is 11.1. The third-order valence-corrected chi connectivity index (χ3v) is 3.59. The Bertz CT molecular complexity index is 616. The average Bonchev–Trinajstić information content (AvgIpc) is 2.48. The van der Waals surface area contributed by atoms with E-state index in [-0.39, 0.29) is 0 Å². The van der Waals surface area contributed by atoms with Gasteiger partial charge in [-0.1, -0.05) is 24.3 Å². The molecule has 2 aromatic rings. The minimum absolute atomic E-state index is 0.894. The van der Waals surface area contributed by atoms with E-state index in [4.69, 9.17) is 0 Å². The van der Waals surface area contributed by atoms with Gasteiger partial charge in [0.1, 0.15) is 0 Å². The summed E-state index contributed by atoms with van der Waals surface area (Å²) in [4.78, 5) is 6.76. The van der Waals surface area contributed by atoms with Gasteiger partial charge >= 0.3 is 0 Å². The molecule has 0 bridgehead atoms. The summed E-state index contributed by atoms with van der Waals surface area (Å²) in [6.45, 7) is 3.30. The fourth-order valence-electron chi connectivity index (χ4n) is 2.52. The molecule has 0 saturated carbocycles. The van der Waals surface area contributed by atoms with Gasteiger partial charge in [0, 0.05) is 17.1 Å². The summed E-state index contributed by atoms with van der Waals surface area (Å²) in [6, 6.07) is 10.3. The Kier molecular flexibility index (Phi) is 3.76. The van der Waals surface area contributed by atoms with Crippen molar-refractivity contribution >= 4 is 10.9 Å². The molecule has 1 aliphatic rings. The number of fused-ring (bicyclic) bond motifs is 1. The van der Waals surface area contributed by atoms with Crippen molar-refractivity contribution in [3.63, 3.8) is 0 Å². The molecule has 2 heteroatoms. The number of nitrogens with zero attached hydrogens (tertiary/aromatic N) is 2. The van der Waals surface area contributed by atoms with E-state index < -0.39 is 0 Å². The number of likely N-dealkylation sites (tertiary alicyclic amines) is 1. The van der Waals surface area contributed by atoms with Crippen LogP contribution in [0.25, 0.3) is 10.9 Å². The summed E-state index contributed by atoms with van der Waals surface area (Å²) in [7, 11) is 0. The van der Waals surface area contributed by atoms with E-state index in [1.54, 1.807) is 0 Å². The van der Waals surface area contributed by atoms with Gasteiger partial charge in [-0.2, -0.15) is 0 Å². The summed E-state index contributed by atoms with van der Waals surface area (Å²) in [5, 5.41) is 1.16. The smallest absolute Gasteiger partial charge is 0.0702 e. The third kappa shape index (κ3) is 3.13. The highest BCUT2D eigenvalue weighted by Crippen LogP contribution is 2.12. The quantitative estimate of drug-likeness (QED) is 0.723. The van der Waals surface area contributed by atoms with E-state index in [1.165, 1.54) is 32.4 Å². The predicted octanol–water partition coefficient (Wildman–Crippen LogP) is 3.07. The number of pyridine rings is 1. The molecule has 0 unspecified atom stereocenters. The van der Waals surface area contributed by atoms with Crippen LogP contribution in [0, 0.1) is 11.8 Å². The zero-order valence-corrected chi connectivity index (χ0v) is 11.1. The van der Waals surface area contributed by atoms with E-state index >= 15 is 0 Å². The maximum Gasteiger partial charge on any atom is 0.0702 e. The van der Waals surface area contributed by atoms with E-state index in [2.05, 4.69) is 39.9 Å². The van der Waals surface area contributed by atoms with Crippen molar-refractivity contribution in [3.05, 3.63) is 42.1 Å². The molecule has 2 heterocycles. The van der Waals surface area contributed by atoms with Crippen LogP contribution in [0.1, 0.15) is 24.8 Å². The lowest BCUT2D eigenvalue weighted by atomic mass is 10.1. The van der Waals surface area contributed by atoms with Gasteiger partial charge < -0.3 is 0 Å². The lowest BCUT2D eigenvalue weighted by Gasteiger charge is -2.23. The second-order valence-corrected chi connectivity index (χ2v) is 5.05. The van der Waals surface area contributed by atoms with Crippen molar-refractivity contribution in [2.75, 3.05) is 19.6 Å². The molecule has 0 radical (unpaired) electrons. The van der Waals surface area contributed by atoms with Gasteiger partial charge in [-0.3, -0.25) is 9.88 Å². The molecule has 0 spiro atoms. The summed E-state index contributed by atoms with van der Waals surface area (Å²) < 4.78 is 0. The highest BCUT2D eigenvalue weighted by Gasteiger charge is 2.07. The molecule has 1 aromatic heterocycles. The lowest BCUT2D eigenvalue weighted by Crippen LogP contribution is -2.29. The van der Waals surface area contributed by atoms with Gasteiger partial charge in [-0.15, -0.1) is 0 Å². The van der Waals surface area contributed by atoms with Crippen LogP contribution < -0.4 is 0 Å². The number of benzene rings is 1. The molecule has 1 aliphatic heterocycles. The minimum atomic E-state index is 0.894. The van der Waals surface area contributed by atoms with Crippen molar-refractivity contribution in [2.24, 2.45) is 0 Å². The maximum atomic E-state index is 4.32. The molecule has 3 rings (SSSR count). The van der Waals surface area contributed by atoms with Crippen LogP contribution in [0.15, 0.2) is 36.5 Å².